The fourth-order valence-electron chi connectivity index (χ4n) is 8.79. The van der Waals surface area contributed by atoms with Crippen molar-refractivity contribution in [3.05, 3.63) is 142 Å². The minimum atomic E-state index is -4.56. The van der Waals surface area contributed by atoms with Gasteiger partial charge in [-0.15, -0.1) is 0 Å². The summed E-state index contributed by atoms with van der Waals surface area (Å²) in [7, 11) is 0. The van der Waals surface area contributed by atoms with Gasteiger partial charge in [0.25, 0.3) is 0 Å². The van der Waals surface area contributed by atoms with E-state index in [0.29, 0.717) is 33.6 Å². The van der Waals surface area contributed by atoms with Crippen molar-refractivity contribution in [2.24, 2.45) is 0 Å². The van der Waals surface area contributed by atoms with E-state index in [-0.39, 0.29) is 21.7 Å². The normalized spacial score (nSPS) is 13.2. The van der Waals surface area contributed by atoms with Crippen molar-refractivity contribution in [1.29, 1.82) is 5.26 Å². The molecule has 0 aliphatic carbocycles. The largest absolute Gasteiger partial charge is 0.416 e. The van der Waals surface area contributed by atoms with E-state index in [1.54, 1.807) is 6.92 Å². The summed E-state index contributed by atoms with van der Waals surface area (Å²) in [6, 6.07) is 36.9. The molecule has 0 unspecified atom stereocenters. The first-order valence-electron chi connectivity index (χ1n) is 21.2. The lowest BCUT2D eigenvalue weighted by atomic mass is 9.85. The Morgan fingerprint density at radius 1 is 0.426 bits per heavy atom. The summed E-state index contributed by atoms with van der Waals surface area (Å²) in [6.07, 6.45) is -4.56. The quantitative estimate of drug-likeness (QED) is 0.175. The second-order valence-corrected chi connectivity index (χ2v) is 21.2. The molecule has 6 aromatic carbocycles. The zero-order valence-corrected chi connectivity index (χ0v) is 37.8. The molecule has 2 aromatic heterocycles. The number of alkyl halides is 3. The molecule has 0 saturated heterocycles. The lowest BCUT2D eigenvalue weighted by molar-refractivity contribution is -0.137. The third kappa shape index (κ3) is 7.30. The van der Waals surface area contributed by atoms with E-state index in [0.717, 1.165) is 60.3 Å². The number of rotatable bonds is 3. The first kappa shape index (κ1) is 41.9. The summed E-state index contributed by atoms with van der Waals surface area (Å²) in [5.74, 6) is 0. The number of halogens is 3. The molecule has 0 aliphatic rings. The van der Waals surface area contributed by atoms with Gasteiger partial charge in [0.1, 0.15) is 6.07 Å². The van der Waals surface area contributed by atoms with Gasteiger partial charge in [0, 0.05) is 27.1 Å². The van der Waals surface area contributed by atoms with Gasteiger partial charge in [-0.25, -0.2) is 0 Å². The van der Waals surface area contributed by atoms with Crippen LogP contribution in [0.1, 0.15) is 122 Å². The number of hydrogen-bond donors (Lipinski definition) is 0. The maximum atomic E-state index is 14.7. The van der Waals surface area contributed by atoms with Crippen LogP contribution in [0, 0.1) is 18.3 Å². The van der Waals surface area contributed by atoms with Crippen LogP contribution in [0.2, 0.25) is 0 Å². The highest BCUT2D eigenvalue weighted by Crippen LogP contribution is 2.45. The monoisotopic (exact) mass is 815 g/mol. The summed E-state index contributed by atoms with van der Waals surface area (Å²) in [6.45, 7) is 27.9. The highest BCUT2D eigenvalue weighted by atomic mass is 19.4. The topological polar surface area (TPSA) is 33.6 Å². The van der Waals surface area contributed by atoms with Gasteiger partial charge in [-0.05, 0) is 117 Å². The zero-order chi connectivity index (χ0) is 44.4. The molecular weight excluding hydrogens is 760 g/mol. The van der Waals surface area contributed by atoms with Gasteiger partial charge in [-0.2, -0.15) is 18.4 Å². The van der Waals surface area contributed by atoms with Gasteiger partial charge in [-0.1, -0.05) is 132 Å². The number of benzene rings is 6. The molecule has 0 fully saturated rings. The minimum Gasteiger partial charge on any atom is -0.309 e. The number of hydrogen-bond acceptors (Lipinski definition) is 1. The Hall–Kier alpha value is -5.80. The van der Waals surface area contributed by atoms with Crippen molar-refractivity contribution < 1.29 is 13.2 Å². The Balaban J connectivity index is 1.58. The van der Waals surface area contributed by atoms with Crippen LogP contribution in [0.3, 0.4) is 0 Å². The van der Waals surface area contributed by atoms with Crippen LogP contribution >= 0.6 is 0 Å². The SMILES string of the molecule is Cc1cc(-c2cc(-n3c4ccc(C(C)(C)C)cc4c4ccc(C(C)(C)C)cc43)c(C#N)cc2-n2c3cc(C(C)(C)C)ccc3c3ccc(C(C)(C)C)cc32)cc(C(F)(F)F)c1. The first-order valence-corrected chi connectivity index (χ1v) is 21.2. The van der Waals surface area contributed by atoms with Crippen LogP contribution in [0.15, 0.2) is 103 Å². The van der Waals surface area contributed by atoms with E-state index in [1.165, 1.54) is 17.7 Å². The maximum absolute atomic E-state index is 14.7. The lowest BCUT2D eigenvalue weighted by Crippen LogP contribution is -2.12. The third-order valence-corrected chi connectivity index (χ3v) is 12.4. The van der Waals surface area contributed by atoms with Crippen molar-refractivity contribution in [2.45, 2.75) is 118 Å². The second kappa shape index (κ2) is 13.9. The van der Waals surface area contributed by atoms with Gasteiger partial charge >= 0.3 is 6.18 Å². The summed E-state index contributed by atoms with van der Waals surface area (Å²) in [5, 5.41) is 15.4. The van der Waals surface area contributed by atoms with Gasteiger partial charge in [0.15, 0.2) is 0 Å². The minimum absolute atomic E-state index is 0.107. The third-order valence-electron chi connectivity index (χ3n) is 12.4. The molecule has 0 atom stereocenters. The molecule has 0 bridgehead atoms. The summed E-state index contributed by atoms with van der Waals surface area (Å²) in [5.41, 5.74) is 10.1. The zero-order valence-electron chi connectivity index (χ0n) is 37.8. The predicted octanol–water partition coefficient (Wildman–Crippen LogP) is 15.9. The fourth-order valence-corrected chi connectivity index (χ4v) is 8.79. The van der Waals surface area contributed by atoms with Crippen molar-refractivity contribution in [1.82, 2.24) is 9.13 Å². The van der Waals surface area contributed by atoms with Crippen molar-refractivity contribution in [2.75, 3.05) is 0 Å². The van der Waals surface area contributed by atoms with E-state index in [2.05, 4.69) is 171 Å². The highest BCUT2D eigenvalue weighted by molar-refractivity contribution is 6.12. The van der Waals surface area contributed by atoms with Crippen molar-refractivity contribution >= 4 is 43.6 Å². The number of nitrogens with zero attached hydrogens (tertiary/aromatic N) is 3. The Kier molecular flexibility index (Phi) is 9.52. The highest BCUT2D eigenvalue weighted by Gasteiger charge is 2.32. The van der Waals surface area contributed by atoms with Gasteiger partial charge in [0.05, 0.1) is 44.6 Å². The summed E-state index contributed by atoms with van der Waals surface area (Å²) < 4.78 is 48.5. The van der Waals surface area contributed by atoms with Crippen LogP contribution in [0.5, 0.6) is 0 Å². The van der Waals surface area contributed by atoms with E-state index >= 15 is 0 Å². The molecule has 8 aromatic rings. The number of aromatic nitrogens is 2. The molecule has 61 heavy (non-hydrogen) atoms. The molecule has 312 valence electrons. The Morgan fingerprint density at radius 3 is 1.30 bits per heavy atom. The molecule has 0 aliphatic heterocycles. The fraction of sp³-hybridized carbons (Fsp3) is 0.327. The van der Waals surface area contributed by atoms with E-state index in [1.807, 2.05) is 18.2 Å². The number of fused-ring (bicyclic) bond motifs is 6. The van der Waals surface area contributed by atoms with Gasteiger partial charge < -0.3 is 9.13 Å². The smallest absolute Gasteiger partial charge is 0.309 e. The molecular formula is C55H56F3N3. The standard InChI is InChI=1S/C55H56F3N3/c1-32-22-33(24-39(23-32)55(56,57)58)43-30-46(60-45-21-17-35(51(2,3)4)26-44(45)42-20-16-38(29-50(42)60)54(11,12)13)34(31-59)25-47(43)61-48-27-36(52(5,6)7)14-18-40(48)41-19-15-37(28-49(41)61)53(8,9)10/h14-30H,1-13H3. The molecule has 0 spiro atoms. The molecule has 0 amide bonds. The predicted molar refractivity (Wildman–Crippen MR) is 250 cm³/mol. The Morgan fingerprint density at radius 2 is 0.852 bits per heavy atom. The molecule has 0 saturated carbocycles. The Bertz CT molecular complexity index is 3040. The van der Waals surface area contributed by atoms with Crippen LogP contribution in [0.4, 0.5) is 13.2 Å². The summed E-state index contributed by atoms with van der Waals surface area (Å²) in [4.78, 5) is 0. The van der Waals surface area contributed by atoms with Crippen LogP contribution in [-0.4, -0.2) is 9.13 Å². The molecule has 8 rings (SSSR count). The maximum Gasteiger partial charge on any atom is 0.416 e. The number of aryl methyl sites for hydroxylation is 1. The van der Waals surface area contributed by atoms with Crippen LogP contribution in [-0.2, 0) is 27.8 Å². The lowest BCUT2D eigenvalue weighted by Gasteiger charge is -2.23. The molecule has 0 N–H and O–H groups in total. The molecule has 6 heteroatoms. The van der Waals surface area contributed by atoms with Crippen molar-refractivity contribution in [3.63, 3.8) is 0 Å². The van der Waals surface area contributed by atoms with Crippen molar-refractivity contribution in [3.8, 4) is 28.6 Å². The first-order chi connectivity index (χ1) is 28.3. The van der Waals surface area contributed by atoms with E-state index in [4.69, 9.17) is 0 Å². The Labute approximate surface area is 358 Å². The second-order valence-electron chi connectivity index (χ2n) is 21.2. The van der Waals surface area contributed by atoms with Gasteiger partial charge in [0.2, 0.25) is 0 Å². The molecule has 0 radical (unpaired) electrons. The van der Waals surface area contributed by atoms with E-state index in [9.17, 15) is 18.4 Å². The summed E-state index contributed by atoms with van der Waals surface area (Å²) >= 11 is 0. The average molecular weight is 816 g/mol. The molecule has 3 nitrogen and oxygen atoms in total. The average Bonchev–Trinajstić information content (AvgIpc) is 3.66. The number of nitriles is 1. The van der Waals surface area contributed by atoms with Gasteiger partial charge in [-0.3, -0.25) is 0 Å². The molecule has 2 heterocycles. The van der Waals surface area contributed by atoms with E-state index < -0.39 is 11.7 Å². The van der Waals surface area contributed by atoms with Crippen LogP contribution < -0.4 is 0 Å². The van der Waals surface area contributed by atoms with Crippen LogP contribution in [0.25, 0.3) is 66.1 Å².